The van der Waals surface area contributed by atoms with Crippen molar-refractivity contribution in [3.8, 4) is 0 Å². The summed E-state index contributed by atoms with van der Waals surface area (Å²) in [4.78, 5) is 10.3. The van der Waals surface area contributed by atoms with Crippen LogP contribution in [0.3, 0.4) is 0 Å². The van der Waals surface area contributed by atoms with Gasteiger partial charge in [-0.05, 0) is 35.6 Å². The van der Waals surface area contributed by atoms with Gasteiger partial charge in [-0.15, -0.1) is 0 Å². The van der Waals surface area contributed by atoms with E-state index in [1.807, 2.05) is 12.1 Å². The molecular formula is C16H16O2. The predicted octanol–water partition coefficient (Wildman–Crippen LogP) is 3.80. The van der Waals surface area contributed by atoms with Gasteiger partial charge >= 0.3 is 5.97 Å². The predicted molar refractivity (Wildman–Crippen MR) is 73.7 cm³/mol. The molecule has 92 valence electrons. The molecule has 0 radical (unpaired) electrons. The highest BCUT2D eigenvalue weighted by molar-refractivity contribution is 5.83. The van der Waals surface area contributed by atoms with Crippen LogP contribution in [0.2, 0.25) is 0 Å². The number of aliphatic carboxylic acids is 1. The second kappa shape index (κ2) is 6.01. The Balaban J connectivity index is 1.94. The molecule has 0 saturated heterocycles. The Hall–Kier alpha value is -2.09. The lowest BCUT2D eigenvalue weighted by molar-refractivity contribution is -0.131. The first kappa shape index (κ1) is 12.4. The molecule has 0 unspecified atom stereocenters. The lowest BCUT2D eigenvalue weighted by Gasteiger charge is -2.02. The molecule has 0 spiro atoms. The van der Waals surface area contributed by atoms with Crippen LogP contribution in [0.25, 0.3) is 10.8 Å². The summed E-state index contributed by atoms with van der Waals surface area (Å²) in [6.07, 6.45) is 5.68. The fourth-order valence-corrected chi connectivity index (χ4v) is 2.00. The van der Waals surface area contributed by atoms with Gasteiger partial charge in [-0.25, -0.2) is 4.79 Å². The van der Waals surface area contributed by atoms with Crippen LogP contribution in [0.15, 0.2) is 54.6 Å². The summed E-state index contributed by atoms with van der Waals surface area (Å²) >= 11 is 0. The van der Waals surface area contributed by atoms with Gasteiger partial charge < -0.3 is 5.11 Å². The normalized spacial score (nSPS) is 11.1. The van der Waals surface area contributed by atoms with Crippen molar-refractivity contribution in [1.82, 2.24) is 0 Å². The maximum absolute atomic E-state index is 10.3. The second-order valence-corrected chi connectivity index (χ2v) is 4.31. The number of carbonyl (C=O) groups is 1. The number of rotatable bonds is 5. The van der Waals surface area contributed by atoms with Crippen LogP contribution in [0.1, 0.15) is 18.4 Å². The first-order chi connectivity index (χ1) is 8.75. The van der Waals surface area contributed by atoms with Crippen molar-refractivity contribution in [3.05, 3.63) is 60.2 Å². The summed E-state index contributed by atoms with van der Waals surface area (Å²) in [5.74, 6) is -0.874. The highest BCUT2D eigenvalue weighted by Crippen LogP contribution is 2.16. The molecule has 0 saturated carbocycles. The number of aryl methyl sites for hydroxylation is 1. The third-order valence-electron chi connectivity index (χ3n) is 2.91. The number of carboxylic acid groups (broad SMARTS) is 1. The van der Waals surface area contributed by atoms with E-state index in [2.05, 4.69) is 30.3 Å². The molecule has 0 aromatic heterocycles. The molecule has 2 aromatic carbocycles. The molecule has 0 aliphatic heterocycles. The SMILES string of the molecule is O=C(O)/C=C/CCCc1ccc2ccccc2c1. The van der Waals surface area contributed by atoms with E-state index in [9.17, 15) is 4.79 Å². The monoisotopic (exact) mass is 240 g/mol. The quantitative estimate of drug-likeness (QED) is 0.637. The molecule has 0 atom stereocenters. The summed E-state index contributed by atoms with van der Waals surface area (Å²) < 4.78 is 0. The van der Waals surface area contributed by atoms with Crippen LogP contribution in [0, 0.1) is 0 Å². The van der Waals surface area contributed by atoms with Crippen molar-refractivity contribution < 1.29 is 9.90 Å². The van der Waals surface area contributed by atoms with Crippen LogP contribution in [-0.2, 0) is 11.2 Å². The Morgan fingerprint density at radius 1 is 1.11 bits per heavy atom. The fourth-order valence-electron chi connectivity index (χ4n) is 2.00. The average Bonchev–Trinajstić information content (AvgIpc) is 2.38. The fraction of sp³-hybridized carbons (Fsp3) is 0.188. The zero-order valence-corrected chi connectivity index (χ0v) is 10.2. The van der Waals surface area contributed by atoms with Gasteiger partial charge in [-0.3, -0.25) is 0 Å². The lowest BCUT2D eigenvalue weighted by atomic mass is 10.0. The first-order valence-corrected chi connectivity index (χ1v) is 6.13. The van der Waals surface area contributed by atoms with E-state index in [-0.39, 0.29) is 0 Å². The minimum atomic E-state index is -0.874. The lowest BCUT2D eigenvalue weighted by Crippen LogP contribution is -1.87. The summed E-state index contributed by atoms with van der Waals surface area (Å²) in [6, 6.07) is 14.8. The van der Waals surface area contributed by atoms with Crippen LogP contribution in [-0.4, -0.2) is 11.1 Å². The number of fused-ring (bicyclic) bond motifs is 1. The Morgan fingerprint density at radius 3 is 2.67 bits per heavy atom. The van der Waals surface area contributed by atoms with E-state index in [1.54, 1.807) is 6.08 Å². The molecule has 2 rings (SSSR count). The van der Waals surface area contributed by atoms with Gasteiger partial charge in [0.15, 0.2) is 0 Å². The number of carboxylic acids is 1. The maximum Gasteiger partial charge on any atom is 0.327 e. The summed E-state index contributed by atoms with van der Waals surface area (Å²) in [6.45, 7) is 0. The van der Waals surface area contributed by atoms with Gasteiger partial charge in [-0.2, -0.15) is 0 Å². The second-order valence-electron chi connectivity index (χ2n) is 4.31. The number of hydrogen-bond donors (Lipinski definition) is 1. The Labute approximate surface area is 107 Å². The molecule has 1 N–H and O–H groups in total. The van der Waals surface area contributed by atoms with E-state index < -0.39 is 5.97 Å². The smallest absolute Gasteiger partial charge is 0.327 e. The topological polar surface area (TPSA) is 37.3 Å². The third-order valence-corrected chi connectivity index (χ3v) is 2.91. The Bertz CT molecular complexity index is 570. The minimum absolute atomic E-state index is 0.805. The van der Waals surface area contributed by atoms with Gasteiger partial charge in [0.05, 0.1) is 0 Å². The van der Waals surface area contributed by atoms with Crippen molar-refractivity contribution in [2.45, 2.75) is 19.3 Å². The number of allylic oxidation sites excluding steroid dienone is 1. The molecule has 2 heteroatoms. The van der Waals surface area contributed by atoms with E-state index in [0.717, 1.165) is 19.3 Å². The summed E-state index contributed by atoms with van der Waals surface area (Å²) in [7, 11) is 0. The largest absolute Gasteiger partial charge is 0.478 e. The number of unbranched alkanes of at least 4 members (excludes halogenated alkanes) is 1. The Morgan fingerprint density at radius 2 is 1.89 bits per heavy atom. The van der Waals surface area contributed by atoms with E-state index in [0.29, 0.717) is 0 Å². The molecule has 0 heterocycles. The first-order valence-electron chi connectivity index (χ1n) is 6.13. The highest BCUT2D eigenvalue weighted by Gasteiger charge is 1.96. The highest BCUT2D eigenvalue weighted by atomic mass is 16.4. The van der Waals surface area contributed by atoms with Gasteiger partial charge in [0.25, 0.3) is 0 Å². The van der Waals surface area contributed by atoms with Gasteiger partial charge in [-0.1, -0.05) is 48.5 Å². The van der Waals surface area contributed by atoms with E-state index in [4.69, 9.17) is 5.11 Å². The zero-order valence-electron chi connectivity index (χ0n) is 10.2. The van der Waals surface area contributed by atoms with Crippen LogP contribution in [0.4, 0.5) is 0 Å². The molecule has 18 heavy (non-hydrogen) atoms. The van der Waals surface area contributed by atoms with E-state index >= 15 is 0 Å². The van der Waals surface area contributed by atoms with Crippen molar-refractivity contribution in [3.63, 3.8) is 0 Å². The van der Waals surface area contributed by atoms with Crippen molar-refractivity contribution >= 4 is 16.7 Å². The van der Waals surface area contributed by atoms with Crippen molar-refractivity contribution in [1.29, 1.82) is 0 Å². The zero-order chi connectivity index (χ0) is 12.8. The molecule has 0 amide bonds. The summed E-state index contributed by atoms with van der Waals surface area (Å²) in [5.41, 5.74) is 1.30. The molecule has 0 fully saturated rings. The number of hydrogen-bond acceptors (Lipinski definition) is 1. The summed E-state index contributed by atoms with van der Waals surface area (Å²) in [5, 5.41) is 11.0. The minimum Gasteiger partial charge on any atom is -0.478 e. The standard InChI is InChI=1S/C16H16O2/c17-16(18)9-3-1-2-6-13-10-11-14-7-4-5-8-15(14)12-13/h3-5,7-12H,1-2,6H2,(H,17,18)/b9-3+. The van der Waals surface area contributed by atoms with Gasteiger partial charge in [0, 0.05) is 6.08 Å². The molecule has 0 aliphatic rings. The number of benzene rings is 2. The van der Waals surface area contributed by atoms with Gasteiger partial charge in [0.2, 0.25) is 0 Å². The van der Waals surface area contributed by atoms with Crippen LogP contribution >= 0.6 is 0 Å². The molecule has 2 nitrogen and oxygen atoms in total. The Kier molecular flexibility index (Phi) is 4.13. The average molecular weight is 240 g/mol. The van der Waals surface area contributed by atoms with Gasteiger partial charge in [0.1, 0.15) is 0 Å². The van der Waals surface area contributed by atoms with Crippen molar-refractivity contribution in [2.75, 3.05) is 0 Å². The van der Waals surface area contributed by atoms with Crippen LogP contribution < -0.4 is 0 Å². The molecule has 2 aromatic rings. The van der Waals surface area contributed by atoms with E-state index in [1.165, 1.54) is 22.4 Å². The third kappa shape index (κ3) is 3.45. The molecule has 0 aliphatic carbocycles. The maximum atomic E-state index is 10.3. The van der Waals surface area contributed by atoms with Crippen LogP contribution in [0.5, 0.6) is 0 Å². The molecular weight excluding hydrogens is 224 g/mol. The molecule has 0 bridgehead atoms. The van der Waals surface area contributed by atoms with Crippen molar-refractivity contribution in [2.24, 2.45) is 0 Å².